The number of benzene rings is 1. The maximum atomic E-state index is 12.8. The summed E-state index contributed by atoms with van der Waals surface area (Å²) in [6.07, 6.45) is 4.88. The fourth-order valence-corrected chi connectivity index (χ4v) is 2.73. The third kappa shape index (κ3) is 3.15. The van der Waals surface area contributed by atoms with Gasteiger partial charge in [-0.05, 0) is 19.1 Å². The number of nitrogens with zero attached hydrogens (tertiary/aromatic N) is 3. The molecule has 0 saturated heterocycles. The Bertz CT molecular complexity index is 1140. The van der Waals surface area contributed by atoms with Crippen LogP contribution in [0.4, 0.5) is 5.69 Å². The van der Waals surface area contributed by atoms with E-state index in [4.69, 9.17) is 4.52 Å². The molecule has 0 bridgehead atoms. The Labute approximate surface area is 153 Å². The molecular formula is C19H15N5O3. The highest BCUT2D eigenvalue weighted by Gasteiger charge is 2.22. The molecule has 27 heavy (non-hydrogen) atoms. The second kappa shape index (κ2) is 6.75. The van der Waals surface area contributed by atoms with E-state index in [-0.39, 0.29) is 5.69 Å². The van der Waals surface area contributed by atoms with Crippen molar-refractivity contribution in [2.45, 2.75) is 6.92 Å². The van der Waals surface area contributed by atoms with E-state index in [1.807, 2.05) is 30.3 Å². The Morgan fingerprint density at radius 2 is 2.00 bits per heavy atom. The lowest BCUT2D eigenvalue weighted by atomic mass is 10.1. The minimum absolute atomic E-state index is 0.128. The third-order valence-corrected chi connectivity index (χ3v) is 4.06. The number of nitrogens with one attached hydrogen (secondary N) is 2. The predicted octanol–water partition coefficient (Wildman–Crippen LogP) is 2.78. The monoisotopic (exact) mass is 361 g/mol. The van der Waals surface area contributed by atoms with Crippen molar-refractivity contribution in [3.05, 3.63) is 82.9 Å². The largest absolute Gasteiger partial charge is 0.360 e. The number of aromatic nitrogens is 4. The van der Waals surface area contributed by atoms with Crippen molar-refractivity contribution in [1.82, 2.24) is 19.7 Å². The number of pyridine rings is 1. The summed E-state index contributed by atoms with van der Waals surface area (Å²) in [6.45, 7) is 1.65. The molecule has 8 nitrogen and oxygen atoms in total. The first-order valence-corrected chi connectivity index (χ1v) is 8.18. The van der Waals surface area contributed by atoms with E-state index in [1.54, 1.807) is 36.3 Å². The third-order valence-electron chi connectivity index (χ3n) is 4.06. The first-order valence-electron chi connectivity index (χ1n) is 8.18. The lowest BCUT2D eigenvalue weighted by Crippen LogP contribution is -2.21. The molecule has 0 aliphatic carbocycles. The summed E-state index contributed by atoms with van der Waals surface area (Å²) in [6, 6.07) is 12.5. The molecule has 0 fully saturated rings. The topological polar surface area (TPSA) is 106 Å². The number of rotatable bonds is 4. The molecule has 0 aliphatic rings. The van der Waals surface area contributed by atoms with Crippen molar-refractivity contribution < 1.29 is 9.32 Å². The zero-order valence-corrected chi connectivity index (χ0v) is 14.3. The molecule has 1 aromatic carbocycles. The number of anilines is 1. The normalized spacial score (nSPS) is 10.7. The SMILES string of the molecule is Cc1onc(-c2ccccc2)c1C(=O)Nc1ccc(-n2ccnc2)[nH]c1=O. The van der Waals surface area contributed by atoms with Crippen molar-refractivity contribution in [3.8, 4) is 17.1 Å². The maximum absolute atomic E-state index is 12.8. The van der Waals surface area contributed by atoms with E-state index in [0.29, 0.717) is 22.8 Å². The zero-order valence-electron chi connectivity index (χ0n) is 14.3. The number of hydrogen-bond donors (Lipinski definition) is 2. The van der Waals surface area contributed by atoms with Crippen LogP contribution in [0, 0.1) is 6.92 Å². The van der Waals surface area contributed by atoms with Crippen LogP contribution in [0.2, 0.25) is 0 Å². The first-order chi connectivity index (χ1) is 13.1. The molecule has 4 aromatic rings. The molecule has 2 N–H and O–H groups in total. The van der Waals surface area contributed by atoms with Crippen LogP contribution < -0.4 is 10.9 Å². The van der Waals surface area contributed by atoms with Crippen molar-refractivity contribution in [2.24, 2.45) is 0 Å². The van der Waals surface area contributed by atoms with Gasteiger partial charge in [0.15, 0.2) is 0 Å². The van der Waals surface area contributed by atoms with Crippen molar-refractivity contribution in [2.75, 3.05) is 5.32 Å². The highest BCUT2D eigenvalue weighted by molar-refractivity contribution is 6.08. The molecule has 0 saturated carbocycles. The Hall–Kier alpha value is -3.94. The van der Waals surface area contributed by atoms with Gasteiger partial charge in [-0.3, -0.25) is 14.2 Å². The maximum Gasteiger partial charge on any atom is 0.273 e. The van der Waals surface area contributed by atoms with E-state index >= 15 is 0 Å². The Morgan fingerprint density at radius 1 is 1.19 bits per heavy atom. The second-order valence-electron chi connectivity index (χ2n) is 5.84. The summed E-state index contributed by atoms with van der Waals surface area (Å²) in [5, 5.41) is 6.62. The molecule has 3 heterocycles. The van der Waals surface area contributed by atoms with Gasteiger partial charge in [-0.2, -0.15) is 0 Å². The molecule has 4 rings (SSSR count). The van der Waals surface area contributed by atoms with Gasteiger partial charge in [-0.25, -0.2) is 4.98 Å². The number of H-pyrrole nitrogens is 1. The highest BCUT2D eigenvalue weighted by Crippen LogP contribution is 2.25. The standard InChI is InChI=1S/C19H15N5O3/c1-12-16(17(23-27-12)13-5-3-2-4-6-13)19(26)21-14-7-8-15(22-18(14)25)24-10-9-20-11-24/h2-11H,1H3,(H,21,26)(H,22,25). The number of hydrogen-bond acceptors (Lipinski definition) is 5. The van der Waals surface area contributed by atoms with Gasteiger partial charge in [0, 0.05) is 18.0 Å². The van der Waals surface area contributed by atoms with Gasteiger partial charge in [0.25, 0.3) is 11.5 Å². The van der Waals surface area contributed by atoms with Gasteiger partial charge in [0.05, 0.1) is 0 Å². The Balaban J connectivity index is 1.64. The molecule has 0 aliphatic heterocycles. The molecule has 0 unspecified atom stereocenters. The smallest absolute Gasteiger partial charge is 0.273 e. The lowest BCUT2D eigenvalue weighted by molar-refractivity contribution is 0.102. The van der Waals surface area contributed by atoms with Gasteiger partial charge in [-0.15, -0.1) is 0 Å². The number of aryl methyl sites for hydroxylation is 1. The van der Waals surface area contributed by atoms with Crippen LogP contribution in [0.25, 0.3) is 17.1 Å². The fourth-order valence-electron chi connectivity index (χ4n) is 2.73. The average Bonchev–Trinajstić information content (AvgIpc) is 3.34. The number of aromatic amines is 1. The van der Waals surface area contributed by atoms with Crippen molar-refractivity contribution >= 4 is 11.6 Å². The Kier molecular flexibility index (Phi) is 4.13. The van der Waals surface area contributed by atoms with Crippen LogP contribution in [0.5, 0.6) is 0 Å². The molecule has 134 valence electrons. The molecule has 3 aromatic heterocycles. The van der Waals surface area contributed by atoms with E-state index < -0.39 is 11.5 Å². The van der Waals surface area contributed by atoms with Crippen LogP contribution >= 0.6 is 0 Å². The quantitative estimate of drug-likeness (QED) is 0.581. The van der Waals surface area contributed by atoms with Crippen molar-refractivity contribution in [1.29, 1.82) is 0 Å². The summed E-state index contributed by atoms with van der Waals surface area (Å²) in [4.78, 5) is 31.8. The highest BCUT2D eigenvalue weighted by atomic mass is 16.5. The first kappa shape index (κ1) is 16.5. The fraction of sp³-hybridized carbons (Fsp3) is 0.0526. The summed E-state index contributed by atoms with van der Waals surface area (Å²) >= 11 is 0. The average molecular weight is 361 g/mol. The van der Waals surface area contributed by atoms with E-state index in [1.165, 1.54) is 6.07 Å². The van der Waals surface area contributed by atoms with Gasteiger partial charge in [0.1, 0.15) is 34.9 Å². The van der Waals surface area contributed by atoms with Crippen LogP contribution in [-0.4, -0.2) is 25.6 Å². The van der Waals surface area contributed by atoms with Gasteiger partial charge < -0.3 is 14.8 Å². The molecule has 1 amide bonds. The van der Waals surface area contributed by atoms with Crippen LogP contribution in [0.3, 0.4) is 0 Å². The van der Waals surface area contributed by atoms with Gasteiger partial charge in [0.2, 0.25) is 0 Å². The minimum Gasteiger partial charge on any atom is -0.360 e. The van der Waals surface area contributed by atoms with E-state index in [0.717, 1.165) is 5.56 Å². The molecular weight excluding hydrogens is 346 g/mol. The number of carbonyl (C=O) groups is 1. The van der Waals surface area contributed by atoms with Crippen molar-refractivity contribution in [3.63, 3.8) is 0 Å². The summed E-state index contributed by atoms with van der Waals surface area (Å²) in [5.41, 5.74) is 1.17. The summed E-state index contributed by atoms with van der Waals surface area (Å²) < 4.78 is 6.86. The zero-order chi connectivity index (χ0) is 18.8. The Morgan fingerprint density at radius 3 is 2.70 bits per heavy atom. The molecule has 0 spiro atoms. The number of imidazole rings is 1. The second-order valence-corrected chi connectivity index (χ2v) is 5.84. The summed E-state index contributed by atoms with van der Waals surface area (Å²) in [5.74, 6) is 0.452. The molecule has 0 radical (unpaired) electrons. The van der Waals surface area contributed by atoms with Gasteiger partial charge >= 0.3 is 0 Å². The molecule has 0 atom stereocenters. The molecule has 8 heteroatoms. The predicted molar refractivity (Wildman–Crippen MR) is 98.8 cm³/mol. The van der Waals surface area contributed by atoms with Crippen LogP contribution in [-0.2, 0) is 0 Å². The van der Waals surface area contributed by atoms with Gasteiger partial charge in [-0.1, -0.05) is 35.5 Å². The van der Waals surface area contributed by atoms with Crippen LogP contribution in [0.1, 0.15) is 16.1 Å². The minimum atomic E-state index is -0.464. The number of carbonyl (C=O) groups excluding carboxylic acids is 1. The summed E-state index contributed by atoms with van der Waals surface area (Å²) in [7, 11) is 0. The number of amides is 1. The van der Waals surface area contributed by atoms with E-state index in [9.17, 15) is 9.59 Å². The van der Waals surface area contributed by atoms with Crippen LogP contribution in [0.15, 0.2) is 70.5 Å². The lowest BCUT2D eigenvalue weighted by Gasteiger charge is -2.07. The van der Waals surface area contributed by atoms with E-state index in [2.05, 4.69) is 20.4 Å².